The van der Waals surface area contributed by atoms with Gasteiger partial charge in [0.25, 0.3) is 5.91 Å². The highest BCUT2D eigenvalue weighted by Gasteiger charge is 2.14. The summed E-state index contributed by atoms with van der Waals surface area (Å²) in [4.78, 5) is 23.3. The summed E-state index contributed by atoms with van der Waals surface area (Å²) in [5, 5.41) is 6.99. The number of hydrogen-bond acceptors (Lipinski definition) is 3. The van der Waals surface area contributed by atoms with Crippen LogP contribution in [0.5, 0.6) is 0 Å². The SMILES string of the molecule is CCC(=O)Nc1ccc(C(=O)NN=C2CCC[C@@H](C)C2)cc1. The third-order valence-electron chi connectivity index (χ3n) is 3.81. The predicted octanol–water partition coefficient (Wildman–Crippen LogP) is 3.33. The van der Waals surface area contributed by atoms with E-state index in [0.29, 0.717) is 23.6 Å². The first-order chi connectivity index (χ1) is 10.6. The number of carbonyl (C=O) groups excluding carboxylic acids is 2. The van der Waals surface area contributed by atoms with Crippen LogP contribution in [0.1, 0.15) is 56.3 Å². The van der Waals surface area contributed by atoms with Crippen LogP contribution in [-0.2, 0) is 4.79 Å². The van der Waals surface area contributed by atoms with Crippen LogP contribution in [-0.4, -0.2) is 17.5 Å². The largest absolute Gasteiger partial charge is 0.326 e. The summed E-state index contributed by atoms with van der Waals surface area (Å²) in [5.74, 6) is 0.375. The van der Waals surface area contributed by atoms with E-state index in [9.17, 15) is 9.59 Å². The predicted molar refractivity (Wildman–Crippen MR) is 87.9 cm³/mol. The first kappa shape index (κ1) is 16.2. The molecule has 0 radical (unpaired) electrons. The molecule has 2 rings (SSSR count). The zero-order valence-corrected chi connectivity index (χ0v) is 13.2. The third kappa shape index (κ3) is 4.69. The number of anilines is 1. The van der Waals surface area contributed by atoms with E-state index in [1.165, 1.54) is 6.42 Å². The Balaban J connectivity index is 1.92. The van der Waals surface area contributed by atoms with E-state index in [1.54, 1.807) is 31.2 Å². The van der Waals surface area contributed by atoms with Gasteiger partial charge in [-0.15, -0.1) is 0 Å². The molecule has 1 aromatic rings. The van der Waals surface area contributed by atoms with E-state index < -0.39 is 0 Å². The van der Waals surface area contributed by atoms with Crippen molar-refractivity contribution in [2.45, 2.75) is 46.0 Å². The van der Waals surface area contributed by atoms with Crippen molar-refractivity contribution in [2.75, 3.05) is 5.32 Å². The van der Waals surface area contributed by atoms with Crippen LogP contribution in [0.2, 0.25) is 0 Å². The van der Waals surface area contributed by atoms with Gasteiger partial charge in [-0.1, -0.05) is 13.8 Å². The molecule has 2 amide bonds. The topological polar surface area (TPSA) is 70.6 Å². The molecule has 0 saturated heterocycles. The van der Waals surface area contributed by atoms with E-state index in [4.69, 9.17) is 0 Å². The second-order valence-electron chi connectivity index (χ2n) is 5.80. The first-order valence-corrected chi connectivity index (χ1v) is 7.84. The van der Waals surface area contributed by atoms with Crippen LogP contribution in [0.15, 0.2) is 29.4 Å². The Bertz CT molecular complexity index is 564. The highest BCUT2D eigenvalue weighted by Crippen LogP contribution is 2.21. The molecule has 0 spiro atoms. The minimum Gasteiger partial charge on any atom is -0.326 e. The fourth-order valence-corrected chi connectivity index (χ4v) is 2.51. The van der Waals surface area contributed by atoms with Gasteiger partial charge in [-0.05, 0) is 55.9 Å². The maximum atomic E-state index is 12.1. The first-order valence-electron chi connectivity index (χ1n) is 7.84. The number of benzene rings is 1. The van der Waals surface area contributed by atoms with E-state index in [-0.39, 0.29) is 11.8 Å². The maximum absolute atomic E-state index is 12.1. The maximum Gasteiger partial charge on any atom is 0.271 e. The second-order valence-corrected chi connectivity index (χ2v) is 5.80. The molecule has 5 heteroatoms. The number of nitrogens with one attached hydrogen (secondary N) is 2. The monoisotopic (exact) mass is 301 g/mol. The van der Waals surface area contributed by atoms with Crippen LogP contribution < -0.4 is 10.7 Å². The molecule has 5 nitrogen and oxygen atoms in total. The van der Waals surface area contributed by atoms with Crippen LogP contribution in [0, 0.1) is 5.92 Å². The van der Waals surface area contributed by atoms with Crippen LogP contribution in [0.4, 0.5) is 5.69 Å². The number of nitrogens with zero attached hydrogens (tertiary/aromatic N) is 1. The fourth-order valence-electron chi connectivity index (χ4n) is 2.51. The summed E-state index contributed by atoms with van der Waals surface area (Å²) in [6, 6.07) is 6.81. The van der Waals surface area contributed by atoms with E-state index in [1.807, 2.05) is 0 Å². The van der Waals surface area contributed by atoms with Crippen molar-refractivity contribution in [3.05, 3.63) is 29.8 Å². The summed E-state index contributed by atoms with van der Waals surface area (Å²) in [6.45, 7) is 4.00. The molecule has 118 valence electrons. The van der Waals surface area contributed by atoms with Gasteiger partial charge in [0.1, 0.15) is 0 Å². The van der Waals surface area contributed by atoms with E-state index in [2.05, 4.69) is 22.8 Å². The second kappa shape index (κ2) is 7.73. The number of hydrogen-bond donors (Lipinski definition) is 2. The van der Waals surface area contributed by atoms with Crippen LogP contribution in [0.25, 0.3) is 0 Å². The molecule has 1 aliphatic carbocycles. The van der Waals surface area contributed by atoms with Gasteiger partial charge in [0, 0.05) is 23.4 Å². The lowest BCUT2D eigenvalue weighted by Gasteiger charge is -2.18. The molecule has 0 aromatic heterocycles. The van der Waals surface area contributed by atoms with Gasteiger partial charge in [-0.2, -0.15) is 5.10 Å². The third-order valence-corrected chi connectivity index (χ3v) is 3.81. The Morgan fingerprint density at radius 2 is 2.00 bits per heavy atom. The Morgan fingerprint density at radius 3 is 2.64 bits per heavy atom. The average molecular weight is 301 g/mol. The molecule has 0 bridgehead atoms. The number of carbonyl (C=O) groups is 2. The Labute approximate surface area is 131 Å². The van der Waals surface area contributed by atoms with Gasteiger partial charge in [-0.25, -0.2) is 5.43 Å². The molecule has 1 fully saturated rings. The van der Waals surface area contributed by atoms with Gasteiger partial charge >= 0.3 is 0 Å². The lowest BCUT2D eigenvalue weighted by Crippen LogP contribution is -2.22. The van der Waals surface area contributed by atoms with Crippen molar-refractivity contribution in [3.63, 3.8) is 0 Å². The standard InChI is InChI=1S/C17H23N3O2/c1-3-16(21)18-14-9-7-13(8-10-14)17(22)20-19-15-6-4-5-12(2)11-15/h7-10,12H,3-6,11H2,1-2H3,(H,18,21)(H,20,22)/t12-/m1/s1. The summed E-state index contributed by atoms with van der Waals surface area (Å²) >= 11 is 0. The normalized spacial score (nSPS) is 19.7. The van der Waals surface area contributed by atoms with Crippen molar-refractivity contribution in [1.82, 2.24) is 5.43 Å². The highest BCUT2D eigenvalue weighted by atomic mass is 16.2. The van der Waals surface area contributed by atoms with Gasteiger partial charge in [-0.3, -0.25) is 9.59 Å². The Hall–Kier alpha value is -2.17. The molecule has 0 heterocycles. The Morgan fingerprint density at radius 1 is 1.27 bits per heavy atom. The number of amides is 2. The van der Waals surface area contributed by atoms with Gasteiger partial charge in [0.05, 0.1) is 0 Å². The quantitative estimate of drug-likeness (QED) is 0.837. The molecule has 2 N–H and O–H groups in total. The van der Waals surface area contributed by atoms with Crippen molar-refractivity contribution < 1.29 is 9.59 Å². The molecular weight excluding hydrogens is 278 g/mol. The van der Waals surface area contributed by atoms with Gasteiger partial charge in [0.15, 0.2) is 0 Å². The fraction of sp³-hybridized carbons (Fsp3) is 0.471. The molecular formula is C17H23N3O2. The van der Waals surface area contributed by atoms with Crippen molar-refractivity contribution >= 4 is 23.2 Å². The van der Waals surface area contributed by atoms with Gasteiger partial charge in [0.2, 0.25) is 5.91 Å². The number of hydrazone groups is 1. The lowest BCUT2D eigenvalue weighted by atomic mass is 9.89. The van der Waals surface area contributed by atoms with E-state index >= 15 is 0 Å². The summed E-state index contributed by atoms with van der Waals surface area (Å²) in [7, 11) is 0. The van der Waals surface area contributed by atoms with Gasteiger partial charge < -0.3 is 5.32 Å². The van der Waals surface area contributed by atoms with Crippen molar-refractivity contribution in [2.24, 2.45) is 11.0 Å². The summed E-state index contributed by atoms with van der Waals surface area (Å²) in [6.07, 6.45) is 4.73. The zero-order valence-electron chi connectivity index (χ0n) is 13.2. The smallest absolute Gasteiger partial charge is 0.271 e. The minimum atomic E-state index is -0.223. The minimum absolute atomic E-state index is 0.0463. The van der Waals surface area contributed by atoms with Crippen molar-refractivity contribution in [1.29, 1.82) is 0 Å². The molecule has 22 heavy (non-hydrogen) atoms. The molecule has 1 atom stereocenters. The molecule has 0 unspecified atom stereocenters. The summed E-state index contributed by atoms with van der Waals surface area (Å²) < 4.78 is 0. The Kier molecular flexibility index (Phi) is 5.69. The molecule has 1 saturated carbocycles. The van der Waals surface area contributed by atoms with Crippen LogP contribution in [0.3, 0.4) is 0 Å². The lowest BCUT2D eigenvalue weighted by molar-refractivity contribution is -0.115. The van der Waals surface area contributed by atoms with E-state index in [0.717, 1.165) is 25.0 Å². The molecule has 1 aromatic carbocycles. The summed E-state index contributed by atoms with van der Waals surface area (Å²) in [5.41, 5.74) is 4.91. The molecule has 1 aliphatic rings. The molecule has 0 aliphatic heterocycles. The van der Waals surface area contributed by atoms with Crippen LogP contribution >= 0.6 is 0 Å². The average Bonchev–Trinajstić information content (AvgIpc) is 2.53. The zero-order chi connectivity index (χ0) is 15.9. The highest BCUT2D eigenvalue weighted by molar-refractivity contribution is 5.96. The van der Waals surface area contributed by atoms with Crippen molar-refractivity contribution in [3.8, 4) is 0 Å². The number of rotatable bonds is 4.